The lowest BCUT2D eigenvalue weighted by molar-refractivity contribution is 0.455. The molecule has 0 aliphatic carbocycles. The van der Waals surface area contributed by atoms with Crippen molar-refractivity contribution in [3.63, 3.8) is 0 Å². The van der Waals surface area contributed by atoms with Gasteiger partial charge in [-0.15, -0.1) is 0 Å². The molecule has 0 unspecified atom stereocenters. The van der Waals surface area contributed by atoms with Crippen molar-refractivity contribution in [1.82, 2.24) is 5.32 Å². The van der Waals surface area contributed by atoms with Gasteiger partial charge >= 0.3 is 0 Å². The number of nitrogens with two attached hydrogens (primary N) is 1. The fourth-order valence-electron chi connectivity index (χ4n) is 2.21. The average Bonchev–Trinajstić information content (AvgIpc) is 2.29. The second-order valence-corrected chi connectivity index (χ2v) is 5.64. The van der Waals surface area contributed by atoms with Crippen molar-refractivity contribution in [1.29, 1.82) is 0 Å². The van der Waals surface area contributed by atoms with Crippen molar-refractivity contribution in [2.24, 2.45) is 5.14 Å². The minimum absolute atomic E-state index is 0.280. The molecule has 1 aliphatic rings. The van der Waals surface area contributed by atoms with E-state index in [1.807, 2.05) is 12.1 Å². The zero-order valence-electron chi connectivity index (χ0n) is 9.02. The number of piperidine rings is 1. The third-order valence-electron chi connectivity index (χ3n) is 3.00. The van der Waals surface area contributed by atoms with Crippen molar-refractivity contribution in [2.45, 2.75) is 23.7 Å². The van der Waals surface area contributed by atoms with E-state index in [1.165, 1.54) is 0 Å². The predicted molar refractivity (Wildman–Crippen MR) is 62.7 cm³/mol. The predicted octanol–water partition coefficient (Wildman–Crippen LogP) is 0.801. The second-order valence-electron chi connectivity index (χ2n) is 4.11. The Bertz CT molecular complexity index is 465. The van der Waals surface area contributed by atoms with Crippen LogP contribution < -0.4 is 10.5 Å². The van der Waals surface area contributed by atoms with Crippen LogP contribution in [0.5, 0.6) is 0 Å². The Morgan fingerprint density at radius 1 is 1.19 bits per heavy atom. The minimum Gasteiger partial charge on any atom is -0.317 e. The summed E-state index contributed by atoms with van der Waals surface area (Å²) in [6.07, 6.45) is 1.93. The Morgan fingerprint density at radius 3 is 2.44 bits per heavy atom. The maximum atomic E-state index is 11.5. The number of rotatable bonds is 2. The maximum Gasteiger partial charge on any atom is 0.238 e. The van der Waals surface area contributed by atoms with E-state index in [1.54, 1.807) is 12.1 Å². The second kappa shape index (κ2) is 4.53. The third kappa shape index (κ3) is 2.42. The molecule has 16 heavy (non-hydrogen) atoms. The molecule has 0 amide bonds. The quantitative estimate of drug-likeness (QED) is 0.803. The summed E-state index contributed by atoms with van der Waals surface area (Å²) in [5, 5.41) is 8.48. The van der Waals surface area contributed by atoms with Gasteiger partial charge in [0.05, 0.1) is 4.90 Å². The van der Waals surface area contributed by atoms with E-state index in [0.29, 0.717) is 5.92 Å². The first-order chi connectivity index (χ1) is 7.59. The standard InChI is InChI=1S/C11H16N2O2S/c12-16(14,15)11-4-2-1-3-10(11)9-5-7-13-8-6-9/h1-4,9,13H,5-8H2,(H2,12,14,15). The summed E-state index contributed by atoms with van der Waals surface area (Å²) >= 11 is 0. The highest BCUT2D eigenvalue weighted by atomic mass is 32.2. The molecule has 0 atom stereocenters. The highest BCUT2D eigenvalue weighted by molar-refractivity contribution is 7.89. The van der Waals surface area contributed by atoms with Crippen LogP contribution in [0.15, 0.2) is 29.2 Å². The first-order valence-corrected chi connectivity index (χ1v) is 6.96. The Balaban J connectivity index is 2.40. The van der Waals surface area contributed by atoms with E-state index in [9.17, 15) is 8.42 Å². The van der Waals surface area contributed by atoms with E-state index >= 15 is 0 Å². The molecular weight excluding hydrogens is 224 g/mol. The summed E-state index contributed by atoms with van der Waals surface area (Å²) in [6.45, 7) is 1.87. The number of primary sulfonamides is 1. The summed E-state index contributed by atoms with van der Waals surface area (Å²) in [7, 11) is -3.60. The van der Waals surface area contributed by atoms with Crippen molar-refractivity contribution in [3.05, 3.63) is 29.8 Å². The first-order valence-electron chi connectivity index (χ1n) is 5.41. The van der Waals surface area contributed by atoms with Crippen molar-refractivity contribution in [3.8, 4) is 0 Å². The van der Waals surface area contributed by atoms with E-state index in [-0.39, 0.29) is 4.90 Å². The fourth-order valence-corrected chi connectivity index (χ4v) is 3.04. The summed E-state index contributed by atoms with van der Waals surface area (Å²) < 4.78 is 22.9. The average molecular weight is 240 g/mol. The molecule has 0 aromatic heterocycles. The van der Waals surface area contributed by atoms with Gasteiger partial charge in [-0.1, -0.05) is 18.2 Å². The molecule has 88 valence electrons. The normalized spacial score (nSPS) is 18.6. The largest absolute Gasteiger partial charge is 0.317 e. The van der Waals surface area contributed by atoms with Crippen LogP contribution in [0, 0.1) is 0 Å². The maximum absolute atomic E-state index is 11.5. The van der Waals surface area contributed by atoms with Gasteiger partial charge in [0.15, 0.2) is 0 Å². The van der Waals surface area contributed by atoms with Gasteiger partial charge in [-0.25, -0.2) is 13.6 Å². The van der Waals surface area contributed by atoms with Crippen molar-refractivity contribution >= 4 is 10.0 Å². The highest BCUT2D eigenvalue weighted by Gasteiger charge is 2.21. The van der Waals surface area contributed by atoms with Crippen LogP contribution >= 0.6 is 0 Å². The van der Waals surface area contributed by atoms with E-state index < -0.39 is 10.0 Å². The number of hydrogen-bond acceptors (Lipinski definition) is 3. The van der Waals surface area contributed by atoms with Crippen LogP contribution in [0.25, 0.3) is 0 Å². The molecule has 1 aromatic rings. The van der Waals surface area contributed by atoms with Crippen LogP contribution in [-0.2, 0) is 10.0 Å². The smallest absolute Gasteiger partial charge is 0.238 e. The number of hydrogen-bond donors (Lipinski definition) is 2. The van der Waals surface area contributed by atoms with Crippen LogP contribution in [0.4, 0.5) is 0 Å². The lowest BCUT2D eigenvalue weighted by Crippen LogP contribution is -2.28. The van der Waals surface area contributed by atoms with Crippen LogP contribution in [0.2, 0.25) is 0 Å². The van der Waals surface area contributed by atoms with Gasteiger partial charge in [-0.3, -0.25) is 0 Å². The summed E-state index contributed by atoms with van der Waals surface area (Å²) in [5.41, 5.74) is 0.867. The molecule has 0 radical (unpaired) electrons. The Morgan fingerprint density at radius 2 is 1.81 bits per heavy atom. The molecule has 1 aromatic carbocycles. The molecule has 0 bridgehead atoms. The van der Waals surface area contributed by atoms with Crippen molar-refractivity contribution < 1.29 is 8.42 Å². The molecule has 1 heterocycles. The van der Waals surface area contributed by atoms with Crippen LogP contribution in [0.3, 0.4) is 0 Å². The Kier molecular flexibility index (Phi) is 3.28. The number of sulfonamides is 1. The van der Waals surface area contributed by atoms with Gasteiger partial charge in [0.1, 0.15) is 0 Å². The minimum atomic E-state index is -3.60. The monoisotopic (exact) mass is 240 g/mol. The Hall–Kier alpha value is -0.910. The van der Waals surface area contributed by atoms with E-state index in [0.717, 1.165) is 31.5 Å². The van der Waals surface area contributed by atoms with E-state index in [2.05, 4.69) is 5.32 Å². The molecule has 0 spiro atoms. The molecule has 4 nitrogen and oxygen atoms in total. The van der Waals surface area contributed by atoms with E-state index in [4.69, 9.17) is 5.14 Å². The molecule has 2 rings (SSSR count). The third-order valence-corrected chi connectivity index (χ3v) is 3.99. The van der Waals surface area contributed by atoms with Gasteiger partial charge in [0.25, 0.3) is 0 Å². The van der Waals surface area contributed by atoms with Gasteiger partial charge < -0.3 is 5.32 Å². The number of benzene rings is 1. The summed E-state index contributed by atoms with van der Waals surface area (Å²) in [5.74, 6) is 0.302. The van der Waals surface area contributed by atoms with Gasteiger partial charge in [0.2, 0.25) is 10.0 Å². The molecular formula is C11H16N2O2S. The SMILES string of the molecule is NS(=O)(=O)c1ccccc1C1CCNCC1. The summed E-state index contributed by atoms with van der Waals surface area (Å²) in [4.78, 5) is 0.280. The zero-order valence-corrected chi connectivity index (χ0v) is 9.83. The first kappa shape index (κ1) is 11.6. The molecule has 1 aliphatic heterocycles. The molecule has 1 saturated heterocycles. The van der Waals surface area contributed by atoms with Crippen LogP contribution in [0.1, 0.15) is 24.3 Å². The number of nitrogens with one attached hydrogen (secondary N) is 1. The van der Waals surface area contributed by atoms with Gasteiger partial charge in [0, 0.05) is 0 Å². The van der Waals surface area contributed by atoms with Crippen molar-refractivity contribution in [2.75, 3.05) is 13.1 Å². The molecule has 0 saturated carbocycles. The molecule has 5 heteroatoms. The van der Waals surface area contributed by atoms with Crippen LogP contribution in [-0.4, -0.2) is 21.5 Å². The highest BCUT2D eigenvalue weighted by Crippen LogP contribution is 2.29. The summed E-state index contributed by atoms with van der Waals surface area (Å²) in [6, 6.07) is 7.04. The van der Waals surface area contributed by atoms with Gasteiger partial charge in [-0.2, -0.15) is 0 Å². The topological polar surface area (TPSA) is 72.2 Å². The van der Waals surface area contributed by atoms with Gasteiger partial charge in [-0.05, 0) is 43.5 Å². The lowest BCUT2D eigenvalue weighted by atomic mass is 9.90. The Labute approximate surface area is 95.9 Å². The molecule has 1 fully saturated rings. The lowest BCUT2D eigenvalue weighted by Gasteiger charge is -2.24. The molecule has 3 N–H and O–H groups in total. The fraction of sp³-hybridized carbons (Fsp3) is 0.455. The zero-order chi connectivity index (χ0) is 11.6.